The zero-order chi connectivity index (χ0) is 28.9. The van der Waals surface area contributed by atoms with E-state index in [0.29, 0.717) is 22.6 Å². The van der Waals surface area contributed by atoms with Gasteiger partial charge in [-0.05, 0) is 111 Å². The molecule has 0 amide bonds. The molecule has 0 saturated heterocycles. The summed E-state index contributed by atoms with van der Waals surface area (Å²) in [5.41, 5.74) is 1.63. The number of hydrogen-bond acceptors (Lipinski definition) is 1. The van der Waals surface area contributed by atoms with Crippen LogP contribution in [0.15, 0.2) is 60.7 Å². The minimum atomic E-state index is -1.06. The summed E-state index contributed by atoms with van der Waals surface area (Å²) >= 11 is 0. The van der Waals surface area contributed by atoms with Gasteiger partial charge in [0.05, 0.1) is 7.11 Å². The van der Waals surface area contributed by atoms with E-state index in [4.69, 9.17) is 4.74 Å². The minimum absolute atomic E-state index is 0.0438. The van der Waals surface area contributed by atoms with Crippen LogP contribution in [-0.4, -0.2) is 7.11 Å². The Kier molecular flexibility index (Phi) is 9.52. The maximum Gasteiger partial charge on any atom is 0.201 e. The van der Waals surface area contributed by atoms with E-state index in [9.17, 15) is 8.78 Å². The molecule has 0 heterocycles. The van der Waals surface area contributed by atoms with Gasteiger partial charge in [-0.1, -0.05) is 61.4 Å². The van der Waals surface area contributed by atoms with Gasteiger partial charge in [0.15, 0.2) is 23.2 Å². The molecule has 2 fully saturated rings. The van der Waals surface area contributed by atoms with Crippen LogP contribution in [0.4, 0.5) is 17.6 Å². The van der Waals surface area contributed by atoms with Crippen molar-refractivity contribution in [2.24, 2.45) is 17.8 Å². The van der Waals surface area contributed by atoms with Crippen molar-refractivity contribution in [3.05, 3.63) is 89.5 Å². The van der Waals surface area contributed by atoms with E-state index in [1.807, 2.05) is 0 Å². The van der Waals surface area contributed by atoms with Crippen molar-refractivity contribution in [2.75, 3.05) is 7.11 Å². The molecule has 5 rings (SSSR count). The number of hydrogen-bond donors (Lipinski definition) is 0. The first-order chi connectivity index (χ1) is 19.9. The van der Waals surface area contributed by atoms with Crippen LogP contribution in [-0.2, 0) is 0 Å². The number of benzene rings is 3. The van der Waals surface area contributed by atoms with E-state index in [0.717, 1.165) is 37.5 Å². The number of methoxy groups -OCH3 is 1. The largest absolute Gasteiger partial charge is 0.494 e. The lowest BCUT2D eigenvalue weighted by molar-refractivity contribution is 0.156. The standard InChI is InChI=1S/C36H40F4O/c1-3-4-5-6-23-7-9-24(10-8-23)25-11-13-26(14-12-25)29-19-20-30(34(38)33(29)37)27-15-17-28(18-16-27)31-21-22-32(41-2)36(40)35(31)39/h3-4,15-26H,5-14H2,1-2H3. The van der Waals surface area contributed by atoms with Crippen LogP contribution in [0.5, 0.6) is 5.75 Å². The van der Waals surface area contributed by atoms with Gasteiger partial charge in [-0.15, -0.1) is 0 Å². The Labute approximate surface area is 241 Å². The van der Waals surface area contributed by atoms with Gasteiger partial charge in [0.1, 0.15) is 0 Å². The maximum atomic E-state index is 15.4. The van der Waals surface area contributed by atoms with Crippen molar-refractivity contribution in [1.29, 1.82) is 0 Å². The highest BCUT2D eigenvalue weighted by molar-refractivity contribution is 5.72. The third-order valence-corrected chi connectivity index (χ3v) is 9.63. The molecule has 218 valence electrons. The Bertz CT molecular complexity index is 1350. The summed E-state index contributed by atoms with van der Waals surface area (Å²) in [6, 6.07) is 12.6. The minimum Gasteiger partial charge on any atom is -0.494 e. The predicted molar refractivity (Wildman–Crippen MR) is 158 cm³/mol. The van der Waals surface area contributed by atoms with E-state index in [1.54, 1.807) is 36.4 Å². The normalized spacial score (nSPS) is 23.2. The molecule has 0 aliphatic heterocycles. The molecular formula is C36H40F4O. The zero-order valence-corrected chi connectivity index (χ0v) is 24.1. The molecule has 0 unspecified atom stereocenters. The molecule has 0 aromatic heterocycles. The number of rotatable bonds is 8. The van der Waals surface area contributed by atoms with Crippen molar-refractivity contribution in [3.8, 4) is 28.0 Å². The highest BCUT2D eigenvalue weighted by Crippen LogP contribution is 2.45. The molecule has 3 aromatic carbocycles. The van der Waals surface area contributed by atoms with Crippen LogP contribution in [0.2, 0.25) is 0 Å². The summed E-state index contributed by atoms with van der Waals surface area (Å²) in [6.07, 6.45) is 16.2. The van der Waals surface area contributed by atoms with Crippen LogP contribution in [0, 0.1) is 41.0 Å². The summed E-state index contributed by atoms with van der Waals surface area (Å²) in [6.45, 7) is 2.08. The molecule has 0 atom stereocenters. The maximum absolute atomic E-state index is 15.4. The lowest BCUT2D eigenvalue weighted by atomic mass is 9.68. The lowest BCUT2D eigenvalue weighted by Gasteiger charge is -2.38. The smallest absolute Gasteiger partial charge is 0.201 e. The summed E-state index contributed by atoms with van der Waals surface area (Å²) in [5, 5.41) is 0. The van der Waals surface area contributed by atoms with E-state index in [1.165, 1.54) is 57.8 Å². The van der Waals surface area contributed by atoms with Crippen molar-refractivity contribution in [3.63, 3.8) is 0 Å². The Balaban J connectivity index is 1.22. The highest BCUT2D eigenvalue weighted by Gasteiger charge is 2.32. The van der Waals surface area contributed by atoms with Gasteiger partial charge in [-0.3, -0.25) is 0 Å². The first-order valence-electron chi connectivity index (χ1n) is 15.1. The van der Waals surface area contributed by atoms with Gasteiger partial charge in [0.25, 0.3) is 0 Å². The lowest BCUT2D eigenvalue weighted by Crippen LogP contribution is -2.25. The molecule has 0 bridgehead atoms. The fraction of sp³-hybridized carbons (Fsp3) is 0.444. The Morgan fingerprint density at radius 2 is 1.20 bits per heavy atom. The van der Waals surface area contributed by atoms with Crippen LogP contribution >= 0.6 is 0 Å². The number of ether oxygens (including phenoxy) is 1. The SMILES string of the molecule is CC=CCCC1CCC(C2CCC(c3ccc(-c4ccc(-c5ccc(OC)c(F)c5F)cc4)c(F)c3F)CC2)CC1. The number of halogens is 4. The van der Waals surface area contributed by atoms with E-state index in [2.05, 4.69) is 19.1 Å². The zero-order valence-electron chi connectivity index (χ0n) is 24.1. The Morgan fingerprint density at radius 3 is 1.76 bits per heavy atom. The molecule has 0 N–H and O–H groups in total. The fourth-order valence-corrected chi connectivity index (χ4v) is 7.19. The van der Waals surface area contributed by atoms with Crippen LogP contribution in [0.25, 0.3) is 22.3 Å². The van der Waals surface area contributed by atoms with Gasteiger partial charge in [0.2, 0.25) is 5.82 Å². The number of allylic oxidation sites excluding steroid dienone is 2. The molecule has 2 aliphatic rings. The first-order valence-corrected chi connectivity index (χ1v) is 15.1. The Morgan fingerprint density at radius 1 is 0.659 bits per heavy atom. The molecule has 1 nitrogen and oxygen atoms in total. The molecule has 2 aliphatic carbocycles. The van der Waals surface area contributed by atoms with Crippen LogP contribution in [0.1, 0.15) is 82.6 Å². The monoisotopic (exact) mass is 564 g/mol. The molecule has 41 heavy (non-hydrogen) atoms. The third-order valence-electron chi connectivity index (χ3n) is 9.63. The second-order valence-electron chi connectivity index (χ2n) is 11.9. The second kappa shape index (κ2) is 13.3. The molecule has 3 aromatic rings. The third kappa shape index (κ3) is 6.39. The van der Waals surface area contributed by atoms with Gasteiger partial charge < -0.3 is 4.74 Å². The van der Waals surface area contributed by atoms with Gasteiger partial charge >= 0.3 is 0 Å². The van der Waals surface area contributed by atoms with Crippen LogP contribution in [0.3, 0.4) is 0 Å². The first kappa shape index (κ1) is 29.4. The van der Waals surface area contributed by atoms with Crippen molar-refractivity contribution in [1.82, 2.24) is 0 Å². The quantitative estimate of drug-likeness (QED) is 0.195. The average Bonchev–Trinajstić information content (AvgIpc) is 3.01. The molecule has 5 heteroatoms. The fourth-order valence-electron chi connectivity index (χ4n) is 7.19. The summed E-state index contributed by atoms with van der Waals surface area (Å²) in [5.74, 6) is -1.47. The van der Waals surface area contributed by atoms with Gasteiger partial charge in [-0.2, -0.15) is 4.39 Å². The molecule has 0 radical (unpaired) electrons. The molecule has 2 saturated carbocycles. The highest BCUT2D eigenvalue weighted by atomic mass is 19.2. The van der Waals surface area contributed by atoms with E-state index in [-0.39, 0.29) is 22.8 Å². The molecule has 0 spiro atoms. The van der Waals surface area contributed by atoms with Crippen molar-refractivity contribution < 1.29 is 22.3 Å². The second-order valence-corrected chi connectivity index (χ2v) is 11.9. The van der Waals surface area contributed by atoms with Crippen LogP contribution < -0.4 is 4.74 Å². The van der Waals surface area contributed by atoms with E-state index < -0.39 is 23.3 Å². The van der Waals surface area contributed by atoms with Crippen molar-refractivity contribution >= 4 is 0 Å². The van der Waals surface area contributed by atoms with Gasteiger partial charge in [0, 0.05) is 11.1 Å². The Hall–Kier alpha value is -3.08. The topological polar surface area (TPSA) is 9.23 Å². The summed E-state index contributed by atoms with van der Waals surface area (Å²) in [4.78, 5) is 0. The van der Waals surface area contributed by atoms with E-state index >= 15 is 8.78 Å². The average molecular weight is 565 g/mol. The summed E-state index contributed by atoms with van der Waals surface area (Å²) < 4.78 is 64.2. The predicted octanol–water partition coefficient (Wildman–Crippen LogP) is 11.0. The van der Waals surface area contributed by atoms with Gasteiger partial charge in [-0.25, -0.2) is 13.2 Å². The molecular weight excluding hydrogens is 524 g/mol. The van der Waals surface area contributed by atoms with Crippen molar-refractivity contribution in [2.45, 2.75) is 77.0 Å². The summed E-state index contributed by atoms with van der Waals surface area (Å²) in [7, 11) is 1.27.